The van der Waals surface area contributed by atoms with E-state index in [4.69, 9.17) is 0 Å². The van der Waals surface area contributed by atoms with E-state index in [1.54, 1.807) is 26.0 Å². The first-order valence-electron chi connectivity index (χ1n) is 14.3. The molecule has 0 unspecified atom stereocenters. The molecule has 41 heavy (non-hydrogen) atoms. The maximum absolute atomic E-state index is 14.1. The normalized spacial score (nSPS) is 13.2. The van der Waals surface area contributed by atoms with Crippen molar-refractivity contribution in [1.82, 2.24) is 20.4 Å². The monoisotopic (exact) mass is 556 g/mol. The third-order valence-corrected chi connectivity index (χ3v) is 7.52. The standard InChI is InChI=1S/C34H44N4O3/c1-25(2)31(32(39)36-22-21-26-15-9-6-10-16-26)38(5)34(41)30(24-28-19-13-8-14-20-28)37(4)33(40)29(35-3)23-27-17-11-7-12-18-27/h6-20,25,29-31,35H,21-24H2,1-5H3,(H,36,39)/t29-,30-,31-/m0/s1. The van der Waals surface area contributed by atoms with E-state index >= 15 is 0 Å². The van der Waals surface area contributed by atoms with Gasteiger partial charge in [0.25, 0.3) is 0 Å². The van der Waals surface area contributed by atoms with Gasteiger partial charge in [-0.2, -0.15) is 0 Å². The van der Waals surface area contributed by atoms with Crippen molar-refractivity contribution >= 4 is 17.7 Å². The summed E-state index contributed by atoms with van der Waals surface area (Å²) in [5.41, 5.74) is 3.11. The van der Waals surface area contributed by atoms with E-state index in [1.807, 2.05) is 105 Å². The predicted molar refractivity (Wildman–Crippen MR) is 164 cm³/mol. The molecule has 3 aromatic carbocycles. The Bertz CT molecular complexity index is 1230. The van der Waals surface area contributed by atoms with Gasteiger partial charge in [0, 0.05) is 27.1 Å². The number of hydrogen-bond acceptors (Lipinski definition) is 4. The van der Waals surface area contributed by atoms with Crippen molar-refractivity contribution in [3.8, 4) is 0 Å². The Kier molecular flexibility index (Phi) is 12.1. The lowest BCUT2D eigenvalue weighted by Gasteiger charge is -2.37. The molecule has 0 aliphatic carbocycles. The molecule has 7 nitrogen and oxygen atoms in total. The van der Waals surface area contributed by atoms with Crippen LogP contribution in [-0.2, 0) is 33.6 Å². The first-order chi connectivity index (χ1) is 19.7. The summed E-state index contributed by atoms with van der Waals surface area (Å²) >= 11 is 0. The number of hydrogen-bond donors (Lipinski definition) is 2. The molecule has 0 aliphatic heterocycles. The quantitative estimate of drug-likeness (QED) is 0.317. The zero-order valence-corrected chi connectivity index (χ0v) is 24.9. The molecule has 0 fully saturated rings. The number of likely N-dealkylation sites (N-methyl/N-ethyl adjacent to an activating group) is 3. The molecule has 3 rings (SSSR count). The highest BCUT2D eigenvalue weighted by Crippen LogP contribution is 2.18. The summed E-state index contributed by atoms with van der Waals surface area (Å²) in [5, 5.41) is 6.15. The van der Waals surface area contributed by atoms with Crippen molar-refractivity contribution in [1.29, 1.82) is 0 Å². The largest absolute Gasteiger partial charge is 0.354 e. The Morgan fingerprint density at radius 2 is 1.17 bits per heavy atom. The molecule has 0 bridgehead atoms. The van der Waals surface area contributed by atoms with Gasteiger partial charge in [0.1, 0.15) is 12.1 Å². The van der Waals surface area contributed by atoms with E-state index in [0.717, 1.165) is 16.7 Å². The highest BCUT2D eigenvalue weighted by molar-refractivity contribution is 5.93. The number of amides is 3. The molecule has 7 heteroatoms. The first-order valence-corrected chi connectivity index (χ1v) is 14.3. The number of nitrogens with zero attached hydrogens (tertiary/aromatic N) is 2. The molecule has 0 aromatic heterocycles. The molecular formula is C34H44N4O3. The van der Waals surface area contributed by atoms with Gasteiger partial charge >= 0.3 is 0 Å². The Labute approximate surface area is 244 Å². The second kappa shape index (κ2) is 15.7. The van der Waals surface area contributed by atoms with Gasteiger partial charge in [-0.05, 0) is 42.5 Å². The van der Waals surface area contributed by atoms with Gasteiger partial charge in [-0.3, -0.25) is 14.4 Å². The number of carbonyl (C=O) groups excluding carboxylic acids is 3. The number of carbonyl (C=O) groups is 3. The van der Waals surface area contributed by atoms with Crippen molar-refractivity contribution in [2.45, 2.75) is 51.2 Å². The van der Waals surface area contributed by atoms with E-state index in [1.165, 1.54) is 4.90 Å². The van der Waals surface area contributed by atoms with E-state index in [0.29, 0.717) is 25.8 Å². The number of benzene rings is 3. The highest BCUT2D eigenvalue weighted by atomic mass is 16.2. The fourth-order valence-corrected chi connectivity index (χ4v) is 5.17. The van der Waals surface area contributed by atoms with Gasteiger partial charge in [-0.25, -0.2) is 0 Å². The van der Waals surface area contributed by atoms with E-state index in [2.05, 4.69) is 10.6 Å². The SMILES string of the molecule is CN[C@@H](Cc1ccccc1)C(=O)N(C)[C@@H](Cc1ccccc1)C(=O)N(C)[C@H](C(=O)NCCc1ccccc1)C(C)C. The molecule has 0 heterocycles. The van der Waals surface area contributed by atoms with Crippen LogP contribution >= 0.6 is 0 Å². The smallest absolute Gasteiger partial charge is 0.246 e. The summed E-state index contributed by atoms with van der Waals surface area (Å²) in [6.45, 7) is 4.34. The molecule has 0 aliphatic rings. The van der Waals surface area contributed by atoms with Gasteiger partial charge in [-0.15, -0.1) is 0 Å². The predicted octanol–water partition coefficient (Wildman–Crippen LogP) is 3.73. The molecule has 0 radical (unpaired) electrons. The van der Waals surface area contributed by atoms with Crippen LogP contribution in [0.1, 0.15) is 30.5 Å². The van der Waals surface area contributed by atoms with E-state index < -0.39 is 18.1 Å². The van der Waals surface area contributed by atoms with Crippen LogP contribution in [0.25, 0.3) is 0 Å². The second-order valence-corrected chi connectivity index (χ2v) is 10.9. The van der Waals surface area contributed by atoms with Gasteiger partial charge in [0.2, 0.25) is 17.7 Å². The summed E-state index contributed by atoms with van der Waals surface area (Å²) in [6.07, 6.45) is 1.55. The fourth-order valence-electron chi connectivity index (χ4n) is 5.17. The van der Waals surface area contributed by atoms with Crippen LogP contribution in [-0.4, -0.2) is 73.3 Å². The summed E-state index contributed by atoms with van der Waals surface area (Å²) < 4.78 is 0. The van der Waals surface area contributed by atoms with Gasteiger partial charge in [0.05, 0.1) is 6.04 Å². The summed E-state index contributed by atoms with van der Waals surface area (Å²) in [4.78, 5) is 44.3. The van der Waals surface area contributed by atoms with Crippen molar-refractivity contribution in [3.63, 3.8) is 0 Å². The minimum Gasteiger partial charge on any atom is -0.354 e. The van der Waals surface area contributed by atoms with Crippen LogP contribution in [0.3, 0.4) is 0 Å². The van der Waals surface area contributed by atoms with Crippen molar-refractivity contribution in [2.75, 3.05) is 27.7 Å². The highest BCUT2D eigenvalue weighted by Gasteiger charge is 2.37. The number of rotatable bonds is 14. The van der Waals surface area contributed by atoms with Crippen molar-refractivity contribution in [3.05, 3.63) is 108 Å². The maximum Gasteiger partial charge on any atom is 0.246 e. The maximum atomic E-state index is 14.1. The lowest BCUT2D eigenvalue weighted by molar-refractivity contribution is -0.149. The Morgan fingerprint density at radius 1 is 0.683 bits per heavy atom. The lowest BCUT2D eigenvalue weighted by Crippen LogP contribution is -2.58. The van der Waals surface area contributed by atoms with Crippen molar-refractivity contribution < 1.29 is 14.4 Å². The summed E-state index contributed by atoms with van der Waals surface area (Å²) in [5.74, 6) is -0.762. The van der Waals surface area contributed by atoms with Crippen LogP contribution in [0, 0.1) is 5.92 Å². The van der Waals surface area contributed by atoms with Crippen LogP contribution in [0.4, 0.5) is 0 Å². The molecule has 2 N–H and O–H groups in total. The zero-order chi connectivity index (χ0) is 29.8. The molecular weight excluding hydrogens is 512 g/mol. The van der Waals surface area contributed by atoms with Crippen LogP contribution < -0.4 is 10.6 Å². The summed E-state index contributed by atoms with van der Waals surface area (Å²) in [7, 11) is 5.11. The molecule has 3 amide bonds. The third-order valence-electron chi connectivity index (χ3n) is 7.52. The molecule has 218 valence electrons. The van der Waals surface area contributed by atoms with Crippen LogP contribution in [0.2, 0.25) is 0 Å². The molecule has 0 saturated heterocycles. The second-order valence-electron chi connectivity index (χ2n) is 10.9. The number of nitrogens with one attached hydrogen (secondary N) is 2. The van der Waals surface area contributed by atoms with Gasteiger partial charge in [-0.1, -0.05) is 105 Å². The minimum atomic E-state index is -0.778. The minimum absolute atomic E-state index is 0.123. The molecule has 0 spiro atoms. The fraction of sp³-hybridized carbons (Fsp3) is 0.382. The molecule has 0 saturated carbocycles. The van der Waals surface area contributed by atoms with Crippen LogP contribution in [0.5, 0.6) is 0 Å². The molecule has 3 atom stereocenters. The van der Waals surface area contributed by atoms with E-state index in [9.17, 15) is 14.4 Å². The molecule has 3 aromatic rings. The van der Waals surface area contributed by atoms with Gasteiger partial charge < -0.3 is 20.4 Å². The lowest BCUT2D eigenvalue weighted by atomic mass is 9.97. The van der Waals surface area contributed by atoms with Crippen molar-refractivity contribution in [2.24, 2.45) is 5.92 Å². The Hall–Kier alpha value is -3.97. The van der Waals surface area contributed by atoms with Crippen LogP contribution in [0.15, 0.2) is 91.0 Å². The summed E-state index contributed by atoms with van der Waals surface area (Å²) in [6, 6.07) is 27.5. The third kappa shape index (κ3) is 9.02. The Balaban J connectivity index is 1.80. The van der Waals surface area contributed by atoms with Gasteiger partial charge in [0.15, 0.2) is 0 Å². The zero-order valence-electron chi connectivity index (χ0n) is 24.9. The Morgan fingerprint density at radius 3 is 1.66 bits per heavy atom. The van der Waals surface area contributed by atoms with E-state index in [-0.39, 0.29) is 23.6 Å². The first kappa shape index (κ1) is 31.6. The topological polar surface area (TPSA) is 81.8 Å². The average Bonchev–Trinajstić information content (AvgIpc) is 2.99. The average molecular weight is 557 g/mol.